The summed E-state index contributed by atoms with van der Waals surface area (Å²) in [5, 5.41) is 3.40. The summed E-state index contributed by atoms with van der Waals surface area (Å²) in [4.78, 5) is 19.0. The van der Waals surface area contributed by atoms with Gasteiger partial charge in [0.15, 0.2) is 5.13 Å². The van der Waals surface area contributed by atoms with Gasteiger partial charge in [0.05, 0.1) is 15.5 Å². The van der Waals surface area contributed by atoms with E-state index >= 15 is 0 Å². The molecule has 6 nitrogen and oxygen atoms in total. The zero-order valence-corrected chi connectivity index (χ0v) is 22.3. The second-order valence-electron chi connectivity index (χ2n) is 9.23. The first-order valence-corrected chi connectivity index (χ1v) is 14.7. The van der Waals surface area contributed by atoms with E-state index in [1.54, 1.807) is 16.4 Å². The topological polar surface area (TPSA) is 79.4 Å². The van der Waals surface area contributed by atoms with Crippen molar-refractivity contribution in [1.82, 2.24) is 9.29 Å². The van der Waals surface area contributed by atoms with Crippen molar-refractivity contribution in [3.05, 3.63) is 90.0 Å². The first-order valence-electron chi connectivity index (χ1n) is 12.5. The molecule has 0 aliphatic carbocycles. The third-order valence-corrected chi connectivity index (χ3v) is 9.46. The number of hydrogen-bond acceptors (Lipinski definition) is 5. The first-order chi connectivity index (χ1) is 17.9. The van der Waals surface area contributed by atoms with Gasteiger partial charge in [-0.2, -0.15) is 4.31 Å². The zero-order chi connectivity index (χ0) is 25.8. The lowest BCUT2D eigenvalue weighted by Gasteiger charge is -2.20. The van der Waals surface area contributed by atoms with Crippen LogP contribution in [0.5, 0.6) is 0 Å². The van der Waals surface area contributed by atoms with Gasteiger partial charge in [0.25, 0.3) is 5.91 Å². The van der Waals surface area contributed by atoms with Crippen LogP contribution in [-0.2, 0) is 10.0 Å². The molecule has 0 saturated carbocycles. The largest absolute Gasteiger partial charge is 0.298 e. The normalized spacial score (nSPS) is 14.7. The highest BCUT2D eigenvalue weighted by molar-refractivity contribution is 7.89. The van der Waals surface area contributed by atoms with Crippen molar-refractivity contribution in [3.8, 4) is 21.7 Å². The van der Waals surface area contributed by atoms with E-state index in [1.165, 1.54) is 23.5 Å². The Kier molecular flexibility index (Phi) is 7.50. The molecule has 5 rings (SSSR count). The summed E-state index contributed by atoms with van der Waals surface area (Å²) in [5.74, 6) is -0.331. The van der Waals surface area contributed by atoms with Gasteiger partial charge in [-0.1, -0.05) is 84.3 Å². The number of sulfonamides is 1. The maximum absolute atomic E-state index is 13.1. The summed E-state index contributed by atoms with van der Waals surface area (Å²) >= 11 is 1.42. The molecule has 1 N–H and O–H groups in total. The molecule has 8 heteroatoms. The predicted molar refractivity (Wildman–Crippen MR) is 149 cm³/mol. The van der Waals surface area contributed by atoms with Crippen LogP contribution < -0.4 is 5.32 Å². The molecule has 0 radical (unpaired) electrons. The number of carbonyl (C=O) groups is 1. The van der Waals surface area contributed by atoms with Gasteiger partial charge < -0.3 is 0 Å². The molecule has 0 spiro atoms. The van der Waals surface area contributed by atoms with E-state index in [-0.39, 0.29) is 10.8 Å². The van der Waals surface area contributed by atoms with E-state index in [4.69, 9.17) is 4.98 Å². The number of nitrogens with zero attached hydrogens (tertiary/aromatic N) is 2. The molecule has 1 aromatic heterocycles. The highest BCUT2D eigenvalue weighted by Gasteiger charge is 2.25. The number of aromatic nitrogens is 1. The lowest BCUT2D eigenvalue weighted by atomic mass is 10.1. The summed E-state index contributed by atoms with van der Waals surface area (Å²) in [7, 11) is -3.56. The van der Waals surface area contributed by atoms with Crippen LogP contribution in [0.2, 0.25) is 0 Å². The van der Waals surface area contributed by atoms with Crippen LogP contribution in [0.25, 0.3) is 21.7 Å². The Hall–Kier alpha value is -3.33. The van der Waals surface area contributed by atoms with Gasteiger partial charge in [-0.25, -0.2) is 13.4 Å². The van der Waals surface area contributed by atoms with Crippen molar-refractivity contribution in [3.63, 3.8) is 0 Å². The Morgan fingerprint density at radius 3 is 2.14 bits per heavy atom. The molecule has 1 saturated heterocycles. The standard InChI is InChI=1S/C29H29N3O3S2/c1-21-11-13-22(14-12-21)26-27(23-9-5-4-6-10-23)36-29(30-26)31-28(33)24-15-17-25(18-16-24)37(34,35)32-19-7-2-3-8-20-32/h4-6,9-18H,2-3,7-8,19-20H2,1H3,(H,30,31,33). The number of aryl methyl sites for hydroxylation is 1. The zero-order valence-electron chi connectivity index (χ0n) is 20.7. The van der Waals surface area contributed by atoms with Gasteiger partial charge in [-0.05, 0) is 49.6 Å². The Labute approximate surface area is 222 Å². The number of thiazole rings is 1. The lowest BCUT2D eigenvalue weighted by molar-refractivity contribution is 0.102. The van der Waals surface area contributed by atoms with Crippen molar-refractivity contribution < 1.29 is 13.2 Å². The number of amides is 1. The molecule has 37 heavy (non-hydrogen) atoms. The fourth-order valence-electron chi connectivity index (χ4n) is 4.44. The van der Waals surface area contributed by atoms with Crippen LogP contribution in [0.15, 0.2) is 83.8 Å². The summed E-state index contributed by atoms with van der Waals surface area (Å²) in [6.07, 6.45) is 3.87. The van der Waals surface area contributed by atoms with Crippen LogP contribution in [0.1, 0.15) is 41.6 Å². The fourth-order valence-corrected chi connectivity index (χ4v) is 6.95. The highest BCUT2D eigenvalue weighted by Crippen LogP contribution is 2.39. The first kappa shape index (κ1) is 25.3. The van der Waals surface area contributed by atoms with Crippen LogP contribution in [0, 0.1) is 6.92 Å². The van der Waals surface area contributed by atoms with E-state index in [0.717, 1.165) is 52.9 Å². The molecule has 1 aliphatic rings. The van der Waals surface area contributed by atoms with Crippen LogP contribution in [0.3, 0.4) is 0 Å². The average molecular weight is 532 g/mol. The second-order valence-corrected chi connectivity index (χ2v) is 12.2. The summed E-state index contributed by atoms with van der Waals surface area (Å²) in [6.45, 7) is 3.13. The molecule has 1 aliphatic heterocycles. The van der Waals surface area contributed by atoms with Crippen molar-refractivity contribution in [2.45, 2.75) is 37.5 Å². The number of carbonyl (C=O) groups excluding carboxylic acids is 1. The van der Waals surface area contributed by atoms with E-state index < -0.39 is 10.0 Å². The maximum atomic E-state index is 13.1. The molecule has 4 aromatic rings. The highest BCUT2D eigenvalue weighted by atomic mass is 32.2. The van der Waals surface area contributed by atoms with E-state index in [9.17, 15) is 13.2 Å². The van der Waals surface area contributed by atoms with E-state index in [2.05, 4.69) is 5.32 Å². The molecule has 1 fully saturated rings. The minimum Gasteiger partial charge on any atom is -0.298 e. The number of nitrogens with one attached hydrogen (secondary N) is 1. The molecule has 1 amide bonds. The summed E-state index contributed by atoms with van der Waals surface area (Å²) < 4.78 is 27.7. The molecule has 190 valence electrons. The van der Waals surface area contributed by atoms with Crippen LogP contribution in [0.4, 0.5) is 5.13 Å². The third kappa shape index (κ3) is 5.66. The second kappa shape index (κ2) is 11.0. The number of benzene rings is 3. The SMILES string of the molecule is Cc1ccc(-c2nc(NC(=O)c3ccc(S(=O)(=O)N4CCCCCC4)cc3)sc2-c2ccccc2)cc1. The lowest BCUT2D eigenvalue weighted by Crippen LogP contribution is -2.31. The number of rotatable bonds is 6. The van der Waals surface area contributed by atoms with Gasteiger partial charge in [-0.15, -0.1) is 0 Å². The summed E-state index contributed by atoms with van der Waals surface area (Å²) in [5.41, 5.74) is 4.35. The Morgan fingerprint density at radius 2 is 1.49 bits per heavy atom. The molecular formula is C29H29N3O3S2. The van der Waals surface area contributed by atoms with Crippen molar-refractivity contribution >= 4 is 32.4 Å². The van der Waals surface area contributed by atoms with Crippen LogP contribution >= 0.6 is 11.3 Å². The van der Waals surface area contributed by atoms with Gasteiger partial charge >= 0.3 is 0 Å². The predicted octanol–water partition coefficient (Wildman–Crippen LogP) is 6.60. The number of hydrogen-bond donors (Lipinski definition) is 1. The minimum atomic E-state index is -3.56. The molecular weight excluding hydrogens is 502 g/mol. The van der Waals surface area contributed by atoms with E-state index in [0.29, 0.717) is 23.8 Å². The smallest absolute Gasteiger partial charge is 0.257 e. The average Bonchev–Trinajstić information content (AvgIpc) is 3.13. The molecule has 0 unspecified atom stereocenters. The van der Waals surface area contributed by atoms with Crippen molar-refractivity contribution in [1.29, 1.82) is 0 Å². The van der Waals surface area contributed by atoms with Gasteiger partial charge in [-0.3, -0.25) is 10.1 Å². The minimum absolute atomic E-state index is 0.216. The Balaban J connectivity index is 1.38. The monoisotopic (exact) mass is 531 g/mol. The Morgan fingerprint density at radius 1 is 0.838 bits per heavy atom. The van der Waals surface area contributed by atoms with Gasteiger partial charge in [0.1, 0.15) is 0 Å². The number of anilines is 1. The van der Waals surface area contributed by atoms with Crippen molar-refractivity contribution in [2.75, 3.05) is 18.4 Å². The molecule has 2 heterocycles. The quantitative estimate of drug-likeness (QED) is 0.304. The Bertz CT molecular complexity index is 1470. The van der Waals surface area contributed by atoms with Gasteiger partial charge in [0, 0.05) is 24.2 Å². The summed E-state index contributed by atoms with van der Waals surface area (Å²) in [6, 6.07) is 24.3. The molecule has 0 bridgehead atoms. The van der Waals surface area contributed by atoms with Gasteiger partial charge in [0.2, 0.25) is 10.0 Å². The third-order valence-electron chi connectivity index (χ3n) is 6.53. The van der Waals surface area contributed by atoms with Crippen LogP contribution in [-0.4, -0.2) is 36.7 Å². The fraction of sp³-hybridized carbons (Fsp3) is 0.241. The maximum Gasteiger partial charge on any atom is 0.257 e. The molecule has 3 aromatic carbocycles. The van der Waals surface area contributed by atoms with Crippen molar-refractivity contribution in [2.24, 2.45) is 0 Å². The molecule has 0 atom stereocenters. The van der Waals surface area contributed by atoms with E-state index in [1.807, 2.05) is 61.5 Å².